The lowest BCUT2D eigenvalue weighted by Crippen LogP contribution is -1.91. The van der Waals surface area contributed by atoms with Crippen LogP contribution in [0.25, 0.3) is 38.6 Å². The summed E-state index contributed by atoms with van der Waals surface area (Å²) in [6, 6.07) is 24.8. The van der Waals surface area contributed by atoms with E-state index in [-0.39, 0.29) is 0 Å². The third kappa shape index (κ3) is 1.87. The van der Waals surface area contributed by atoms with Crippen LogP contribution in [0.3, 0.4) is 0 Å². The van der Waals surface area contributed by atoms with Gasteiger partial charge in [0.15, 0.2) is 0 Å². The normalized spacial score (nSPS) is 11.5. The first-order valence-corrected chi connectivity index (χ1v) is 8.23. The van der Waals surface area contributed by atoms with Crippen molar-refractivity contribution in [3.8, 4) is 11.1 Å². The maximum absolute atomic E-state index is 6.15. The maximum Gasteiger partial charge on any atom is 0.146 e. The third-order valence-electron chi connectivity index (χ3n) is 4.47. The van der Waals surface area contributed by atoms with Gasteiger partial charge in [-0.15, -0.1) is 0 Å². The van der Waals surface area contributed by atoms with E-state index in [2.05, 4.69) is 59.0 Å². The van der Waals surface area contributed by atoms with Gasteiger partial charge in [0.2, 0.25) is 0 Å². The third-order valence-corrected chi connectivity index (χ3v) is 4.70. The molecule has 114 valence electrons. The van der Waals surface area contributed by atoms with Crippen molar-refractivity contribution in [1.29, 1.82) is 0 Å². The largest absolute Gasteiger partial charge is 0.293 e. The predicted molar refractivity (Wildman–Crippen MR) is 101 cm³/mol. The second kappa shape index (κ2) is 5.08. The fourth-order valence-corrected chi connectivity index (χ4v) is 3.63. The summed E-state index contributed by atoms with van der Waals surface area (Å²) in [4.78, 5) is 4.77. The van der Waals surface area contributed by atoms with Crippen LogP contribution in [0, 0.1) is 0 Å². The van der Waals surface area contributed by atoms with Crippen molar-refractivity contribution in [2.75, 3.05) is 0 Å². The molecule has 3 heteroatoms. The van der Waals surface area contributed by atoms with E-state index in [1.165, 1.54) is 16.5 Å². The number of hydrogen-bond donors (Lipinski definition) is 0. The van der Waals surface area contributed by atoms with Gasteiger partial charge in [-0.3, -0.25) is 4.40 Å². The highest BCUT2D eigenvalue weighted by Gasteiger charge is 2.16. The molecular formula is C21H13ClN2. The first kappa shape index (κ1) is 13.6. The summed E-state index contributed by atoms with van der Waals surface area (Å²) >= 11 is 6.15. The van der Waals surface area contributed by atoms with Crippen molar-refractivity contribution in [3.05, 3.63) is 84.0 Å². The number of halogens is 1. The Balaban J connectivity index is 2.04. The van der Waals surface area contributed by atoms with Gasteiger partial charge in [-0.1, -0.05) is 60.1 Å². The Morgan fingerprint density at radius 2 is 1.58 bits per heavy atom. The monoisotopic (exact) mass is 328 g/mol. The molecule has 0 saturated heterocycles. The second-order valence-corrected chi connectivity index (χ2v) is 6.31. The first-order chi connectivity index (χ1) is 11.8. The highest BCUT2D eigenvalue weighted by atomic mass is 35.5. The van der Waals surface area contributed by atoms with E-state index in [0.717, 1.165) is 27.1 Å². The van der Waals surface area contributed by atoms with Crippen molar-refractivity contribution in [3.63, 3.8) is 0 Å². The molecule has 2 heterocycles. The molecule has 0 spiro atoms. The molecule has 0 fully saturated rings. The predicted octanol–water partition coefficient (Wildman–Crippen LogP) is 5.96. The van der Waals surface area contributed by atoms with Gasteiger partial charge in [-0.05, 0) is 29.8 Å². The van der Waals surface area contributed by atoms with Crippen LogP contribution in [-0.2, 0) is 0 Å². The minimum absolute atomic E-state index is 0.725. The van der Waals surface area contributed by atoms with Gasteiger partial charge in [0.1, 0.15) is 5.65 Å². The van der Waals surface area contributed by atoms with E-state index >= 15 is 0 Å². The van der Waals surface area contributed by atoms with Gasteiger partial charge < -0.3 is 0 Å². The summed E-state index contributed by atoms with van der Waals surface area (Å²) in [5.74, 6) is 0. The number of benzene rings is 3. The highest BCUT2D eigenvalue weighted by Crippen LogP contribution is 2.36. The van der Waals surface area contributed by atoms with Gasteiger partial charge >= 0.3 is 0 Å². The minimum atomic E-state index is 0.725. The van der Waals surface area contributed by atoms with Gasteiger partial charge in [0.05, 0.1) is 11.0 Å². The summed E-state index contributed by atoms with van der Waals surface area (Å²) in [5.41, 5.74) is 5.59. The molecule has 0 unspecified atom stereocenters. The maximum atomic E-state index is 6.15. The standard InChI is InChI=1S/C21H13ClN2/c22-16-10-11-18-15(12-16)13-23-21-20(14-6-2-1-3-7-14)17-8-4-5-9-19(17)24(18)21/h1-13H. The average molecular weight is 329 g/mol. The molecular weight excluding hydrogens is 316 g/mol. The Labute approximate surface area is 143 Å². The molecule has 0 aliphatic carbocycles. The van der Waals surface area contributed by atoms with E-state index in [9.17, 15) is 0 Å². The summed E-state index contributed by atoms with van der Waals surface area (Å²) < 4.78 is 2.23. The quantitative estimate of drug-likeness (QED) is 0.371. The molecule has 5 aromatic rings. The fourth-order valence-electron chi connectivity index (χ4n) is 3.45. The van der Waals surface area contributed by atoms with Crippen molar-refractivity contribution in [2.45, 2.75) is 0 Å². The number of fused-ring (bicyclic) bond motifs is 5. The topological polar surface area (TPSA) is 17.3 Å². The SMILES string of the molecule is Clc1ccc2c(cnc3c(-c4ccccc4)c4ccccc4n32)c1. The summed E-state index contributed by atoms with van der Waals surface area (Å²) in [6.07, 6.45) is 1.90. The molecule has 0 radical (unpaired) electrons. The summed E-state index contributed by atoms with van der Waals surface area (Å²) in [5, 5.41) is 2.97. The first-order valence-electron chi connectivity index (χ1n) is 7.86. The smallest absolute Gasteiger partial charge is 0.146 e. The van der Waals surface area contributed by atoms with Gasteiger partial charge in [0.25, 0.3) is 0 Å². The number of aromatic nitrogens is 2. The van der Waals surface area contributed by atoms with E-state index < -0.39 is 0 Å². The second-order valence-electron chi connectivity index (χ2n) is 5.88. The van der Waals surface area contributed by atoms with Gasteiger partial charge in [-0.25, -0.2) is 4.98 Å². The molecule has 3 aromatic carbocycles. The molecule has 0 atom stereocenters. The highest BCUT2D eigenvalue weighted by molar-refractivity contribution is 6.31. The molecule has 2 nitrogen and oxygen atoms in total. The van der Waals surface area contributed by atoms with Crippen LogP contribution in [0.2, 0.25) is 5.02 Å². The molecule has 0 aliphatic heterocycles. The zero-order valence-corrected chi connectivity index (χ0v) is 13.5. The zero-order valence-electron chi connectivity index (χ0n) is 12.8. The van der Waals surface area contributed by atoms with Crippen molar-refractivity contribution in [2.24, 2.45) is 0 Å². The Morgan fingerprint density at radius 3 is 2.46 bits per heavy atom. The van der Waals surface area contributed by atoms with Crippen molar-refractivity contribution >= 4 is 39.1 Å². The Hall–Kier alpha value is -2.84. The van der Waals surface area contributed by atoms with Crippen LogP contribution in [0.4, 0.5) is 0 Å². The zero-order chi connectivity index (χ0) is 16.1. The summed E-state index contributed by atoms with van der Waals surface area (Å²) in [6.45, 7) is 0. The molecule has 5 rings (SSSR count). The van der Waals surface area contributed by atoms with Crippen molar-refractivity contribution < 1.29 is 0 Å². The molecule has 0 amide bonds. The molecule has 2 aromatic heterocycles. The van der Waals surface area contributed by atoms with Crippen LogP contribution >= 0.6 is 11.6 Å². The number of rotatable bonds is 1. The van der Waals surface area contributed by atoms with Crippen LogP contribution in [0.5, 0.6) is 0 Å². The van der Waals surface area contributed by atoms with E-state index in [1.54, 1.807) is 0 Å². The fraction of sp³-hybridized carbons (Fsp3) is 0. The number of para-hydroxylation sites is 1. The average Bonchev–Trinajstić information content (AvgIpc) is 2.97. The Kier molecular flexibility index (Phi) is 2.88. The molecule has 24 heavy (non-hydrogen) atoms. The molecule has 0 bridgehead atoms. The van der Waals surface area contributed by atoms with Crippen LogP contribution in [0.1, 0.15) is 0 Å². The van der Waals surface area contributed by atoms with E-state index in [1.807, 2.05) is 24.4 Å². The van der Waals surface area contributed by atoms with Crippen molar-refractivity contribution in [1.82, 2.24) is 9.38 Å². The summed E-state index contributed by atoms with van der Waals surface area (Å²) in [7, 11) is 0. The minimum Gasteiger partial charge on any atom is -0.293 e. The lowest BCUT2D eigenvalue weighted by molar-refractivity contribution is 1.24. The number of nitrogens with zero attached hydrogens (tertiary/aromatic N) is 2. The molecule has 0 saturated carbocycles. The van der Waals surface area contributed by atoms with E-state index in [4.69, 9.17) is 16.6 Å². The number of hydrogen-bond acceptors (Lipinski definition) is 1. The van der Waals surface area contributed by atoms with Gasteiger partial charge in [0, 0.05) is 27.6 Å². The Morgan fingerprint density at radius 1 is 0.792 bits per heavy atom. The lowest BCUT2D eigenvalue weighted by Gasteiger charge is -2.05. The Bertz CT molecular complexity index is 1210. The lowest BCUT2D eigenvalue weighted by atomic mass is 10.0. The molecule has 0 aliphatic rings. The van der Waals surface area contributed by atoms with Crippen LogP contribution in [-0.4, -0.2) is 9.38 Å². The van der Waals surface area contributed by atoms with Crippen LogP contribution < -0.4 is 0 Å². The molecule has 0 N–H and O–H groups in total. The van der Waals surface area contributed by atoms with E-state index in [0.29, 0.717) is 0 Å². The van der Waals surface area contributed by atoms with Gasteiger partial charge in [-0.2, -0.15) is 0 Å². The van der Waals surface area contributed by atoms with Crippen LogP contribution in [0.15, 0.2) is 79.0 Å².